The standard InChI is InChI=1S/C13H18N2O4S/c1-10-6-5-8-12(15(16)17)13(10)20(18,19)14-9-4-3-7-11(14)2/h5-6,8,11H,3-4,7,9H2,1-2H3. The number of rotatable bonds is 3. The zero-order valence-corrected chi connectivity index (χ0v) is 12.4. The van der Waals surface area contributed by atoms with Crippen LogP contribution in [0.25, 0.3) is 0 Å². The van der Waals surface area contributed by atoms with Crippen LogP contribution in [0.15, 0.2) is 23.1 Å². The Kier molecular flexibility index (Phi) is 4.10. The minimum atomic E-state index is -3.83. The monoisotopic (exact) mass is 298 g/mol. The number of hydrogen-bond donors (Lipinski definition) is 0. The molecule has 1 aliphatic rings. The summed E-state index contributed by atoms with van der Waals surface area (Å²) in [6, 6.07) is 4.22. The minimum absolute atomic E-state index is 0.118. The Labute approximate surface area is 118 Å². The number of piperidine rings is 1. The summed E-state index contributed by atoms with van der Waals surface area (Å²) in [5.74, 6) is 0. The summed E-state index contributed by atoms with van der Waals surface area (Å²) >= 11 is 0. The van der Waals surface area contributed by atoms with Crippen LogP contribution in [0.4, 0.5) is 5.69 Å². The summed E-state index contributed by atoms with van der Waals surface area (Å²) in [4.78, 5) is 10.3. The average molecular weight is 298 g/mol. The highest BCUT2D eigenvalue weighted by atomic mass is 32.2. The lowest BCUT2D eigenvalue weighted by atomic mass is 10.1. The number of sulfonamides is 1. The van der Waals surface area contributed by atoms with Crippen molar-refractivity contribution in [2.24, 2.45) is 0 Å². The SMILES string of the molecule is Cc1cccc([N+](=O)[O-])c1S(=O)(=O)N1CCCCC1C. The number of nitrogens with zero attached hydrogens (tertiary/aromatic N) is 2. The van der Waals surface area contributed by atoms with Crippen LogP contribution in [0.3, 0.4) is 0 Å². The predicted octanol–water partition coefficient (Wildman–Crippen LogP) is 2.47. The Morgan fingerprint density at radius 3 is 2.65 bits per heavy atom. The molecule has 110 valence electrons. The van der Waals surface area contributed by atoms with Gasteiger partial charge in [0.05, 0.1) is 4.92 Å². The van der Waals surface area contributed by atoms with Crippen LogP contribution < -0.4 is 0 Å². The van der Waals surface area contributed by atoms with Crippen LogP contribution in [-0.2, 0) is 10.0 Å². The van der Waals surface area contributed by atoms with Crippen molar-refractivity contribution in [1.82, 2.24) is 4.31 Å². The van der Waals surface area contributed by atoms with E-state index in [1.54, 1.807) is 13.0 Å². The molecule has 1 aliphatic heterocycles. The second-order valence-electron chi connectivity index (χ2n) is 5.14. The molecule has 0 radical (unpaired) electrons. The lowest BCUT2D eigenvalue weighted by Crippen LogP contribution is -2.42. The van der Waals surface area contributed by atoms with Gasteiger partial charge in [-0.25, -0.2) is 8.42 Å². The molecule has 7 heteroatoms. The molecule has 0 bridgehead atoms. The number of benzene rings is 1. The maximum atomic E-state index is 12.8. The zero-order valence-electron chi connectivity index (χ0n) is 11.6. The van der Waals surface area contributed by atoms with Gasteiger partial charge >= 0.3 is 0 Å². The summed E-state index contributed by atoms with van der Waals surface area (Å²) in [7, 11) is -3.83. The fourth-order valence-corrected chi connectivity index (χ4v) is 4.73. The number of hydrogen-bond acceptors (Lipinski definition) is 4. The third kappa shape index (κ3) is 2.55. The van der Waals surface area contributed by atoms with Crippen molar-refractivity contribution in [3.8, 4) is 0 Å². The highest BCUT2D eigenvalue weighted by Gasteiger charge is 2.36. The Bertz CT molecular complexity index is 627. The first kappa shape index (κ1) is 14.9. The molecule has 1 aromatic carbocycles. The van der Waals surface area contributed by atoms with E-state index in [0.717, 1.165) is 19.3 Å². The lowest BCUT2D eigenvalue weighted by Gasteiger charge is -2.32. The summed E-state index contributed by atoms with van der Waals surface area (Å²) in [5, 5.41) is 11.1. The highest BCUT2D eigenvalue weighted by molar-refractivity contribution is 7.89. The largest absolute Gasteiger partial charge is 0.289 e. The molecule has 1 heterocycles. The van der Waals surface area contributed by atoms with Gasteiger partial charge in [-0.15, -0.1) is 0 Å². The van der Waals surface area contributed by atoms with Gasteiger partial charge in [0.1, 0.15) is 0 Å². The molecular weight excluding hydrogens is 280 g/mol. The fourth-order valence-electron chi connectivity index (χ4n) is 2.66. The molecule has 0 saturated carbocycles. The van der Waals surface area contributed by atoms with E-state index < -0.39 is 14.9 Å². The maximum Gasteiger partial charge on any atom is 0.289 e. The van der Waals surface area contributed by atoms with Gasteiger partial charge in [0.25, 0.3) is 5.69 Å². The molecule has 1 saturated heterocycles. The lowest BCUT2D eigenvalue weighted by molar-refractivity contribution is -0.387. The smallest absolute Gasteiger partial charge is 0.258 e. The van der Waals surface area contributed by atoms with Gasteiger partial charge in [-0.05, 0) is 32.3 Å². The van der Waals surface area contributed by atoms with E-state index in [0.29, 0.717) is 12.1 Å². The van der Waals surface area contributed by atoms with E-state index in [2.05, 4.69) is 0 Å². The van der Waals surface area contributed by atoms with Crippen molar-refractivity contribution in [2.45, 2.75) is 44.0 Å². The minimum Gasteiger partial charge on any atom is -0.258 e. The van der Waals surface area contributed by atoms with Crippen molar-refractivity contribution in [2.75, 3.05) is 6.54 Å². The van der Waals surface area contributed by atoms with Crippen molar-refractivity contribution in [1.29, 1.82) is 0 Å². The van der Waals surface area contributed by atoms with Gasteiger partial charge in [-0.3, -0.25) is 10.1 Å². The molecule has 0 aliphatic carbocycles. The maximum absolute atomic E-state index is 12.8. The zero-order chi connectivity index (χ0) is 14.9. The van der Waals surface area contributed by atoms with Crippen LogP contribution >= 0.6 is 0 Å². The van der Waals surface area contributed by atoms with Crippen LogP contribution in [0.2, 0.25) is 0 Å². The Balaban J connectivity index is 2.57. The highest BCUT2D eigenvalue weighted by Crippen LogP contribution is 2.32. The molecule has 0 spiro atoms. The van der Waals surface area contributed by atoms with Crippen molar-refractivity contribution < 1.29 is 13.3 Å². The molecular formula is C13H18N2O4S. The van der Waals surface area contributed by atoms with Crippen molar-refractivity contribution in [3.05, 3.63) is 33.9 Å². The number of aryl methyl sites for hydroxylation is 1. The topological polar surface area (TPSA) is 80.5 Å². The van der Waals surface area contributed by atoms with E-state index >= 15 is 0 Å². The van der Waals surface area contributed by atoms with Crippen molar-refractivity contribution >= 4 is 15.7 Å². The summed E-state index contributed by atoms with van der Waals surface area (Å²) in [6.07, 6.45) is 2.57. The van der Waals surface area contributed by atoms with E-state index in [-0.39, 0.29) is 16.6 Å². The van der Waals surface area contributed by atoms with Crippen LogP contribution in [0, 0.1) is 17.0 Å². The third-order valence-electron chi connectivity index (χ3n) is 3.70. The van der Waals surface area contributed by atoms with Crippen LogP contribution in [0.1, 0.15) is 31.7 Å². The van der Waals surface area contributed by atoms with E-state index in [1.165, 1.54) is 16.4 Å². The van der Waals surface area contributed by atoms with Gasteiger partial charge < -0.3 is 0 Å². The molecule has 0 N–H and O–H groups in total. The van der Waals surface area contributed by atoms with Gasteiger partial charge in [-0.1, -0.05) is 18.6 Å². The second kappa shape index (κ2) is 5.49. The quantitative estimate of drug-likeness (QED) is 0.634. The molecule has 6 nitrogen and oxygen atoms in total. The molecule has 1 atom stereocenters. The molecule has 20 heavy (non-hydrogen) atoms. The molecule has 0 aromatic heterocycles. The second-order valence-corrected chi connectivity index (χ2v) is 6.97. The van der Waals surface area contributed by atoms with Gasteiger partial charge in [0, 0.05) is 18.7 Å². The fraction of sp³-hybridized carbons (Fsp3) is 0.538. The first-order chi connectivity index (χ1) is 9.35. The average Bonchev–Trinajstić information content (AvgIpc) is 2.38. The molecule has 0 amide bonds. The van der Waals surface area contributed by atoms with E-state index in [1.807, 2.05) is 6.92 Å². The van der Waals surface area contributed by atoms with Gasteiger partial charge in [0.2, 0.25) is 10.0 Å². The number of nitro groups is 1. The molecule has 1 aromatic rings. The van der Waals surface area contributed by atoms with Crippen molar-refractivity contribution in [3.63, 3.8) is 0 Å². The van der Waals surface area contributed by atoms with Crippen LogP contribution in [-0.4, -0.2) is 30.2 Å². The predicted molar refractivity (Wildman–Crippen MR) is 75.0 cm³/mol. The first-order valence-corrected chi connectivity index (χ1v) is 8.05. The number of nitro benzene ring substituents is 1. The summed E-state index contributed by atoms with van der Waals surface area (Å²) < 4.78 is 26.9. The Morgan fingerprint density at radius 1 is 1.35 bits per heavy atom. The normalized spacial score (nSPS) is 20.8. The third-order valence-corrected chi connectivity index (χ3v) is 5.90. The van der Waals surface area contributed by atoms with Gasteiger partial charge in [0.15, 0.2) is 4.90 Å². The summed E-state index contributed by atoms with van der Waals surface area (Å²) in [6.45, 7) is 3.87. The summed E-state index contributed by atoms with van der Waals surface area (Å²) in [5.41, 5.74) is 0.0692. The van der Waals surface area contributed by atoms with Gasteiger partial charge in [-0.2, -0.15) is 4.31 Å². The Hall–Kier alpha value is -1.47. The Morgan fingerprint density at radius 2 is 2.05 bits per heavy atom. The molecule has 2 rings (SSSR count). The van der Waals surface area contributed by atoms with E-state index in [4.69, 9.17) is 0 Å². The van der Waals surface area contributed by atoms with Crippen LogP contribution in [0.5, 0.6) is 0 Å². The van der Waals surface area contributed by atoms with E-state index in [9.17, 15) is 18.5 Å². The molecule has 1 fully saturated rings. The first-order valence-electron chi connectivity index (χ1n) is 6.61. The molecule has 1 unspecified atom stereocenters.